The average molecular weight is 409 g/mol. The normalized spacial score (nSPS) is 18.4. The predicted molar refractivity (Wildman–Crippen MR) is 116 cm³/mol. The van der Waals surface area contributed by atoms with E-state index in [1.54, 1.807) is 35.6 Å². The topological polar surface area (TPSA) is 88.3 Å². The van der Waals surface area contributed by atoms with Gasteiger partial charge in [0.25, 0.3) is 0 Å². The van der Waals surface area contributed by atoms with Crippen molar-refractivity contribution in [2.75, 3.05) is 18.4 Å². The number of nitrogens with two attached hydrogens (primary N) is 1. The fourth-order valence-corrected chi connectivity index (χ4v) is 4.85. The number of aromatic nitrogens is 1. The number of primary amides is 1. The van der Waals surface area contributed by atoms with Crippen LogP contribution in [0, 0.1) is 0 Å². The molecule has 6 nitrogen and oxygen atoms in total. The van der Waals surface area contributed by atoms with Crippen LogP contribution in [0.4, 0.5) is 5.69 Å². The average Bonchev–Trinajstić information content (AvgIpc) is 3.18. The molecule has 7 heteroatoms. The minimum absolute atomic E-state index is 0.0539. The fourth-order valence-electron chi connectivity index (χ4n) is 3.75. The van der Waals surface area contributed by atoms with E-state index in [9.17, 15) is 9.59 Å². The Morgan fingerprint density at radius 2 is 1.97 bits per heavy atom. The minimum atomic E-state index is -0.481. The Bertz CT molecular complexity index is 998. The monoisotopic (exact) mass is 408 g/mol. The number of nitrogens with zero attached hydrogens (tertiary/aromatic N) is 2. The first-order valence-electron chi connectivity index (χ1n) is 9.81. The molecule has 0 radical (unpaired) electrons. The van der Waals surface area contributed by atoms with Gasteiger partial charge in [-0.15, -0.1) is 11.3 Å². The Kier molecular flexibility index (Phi) is 5.60. The van der Waals surface area contributed by atoms with Crippen LogP contribution in [-0.2, 0) is 4.79 Å². The fraction of sp³-hybridized carbons (Fsp3) is 0.318. The first-order valence-corrected chi connectivity index (χ1v) is 10.6. The molecule has 0 unspecified atom stereocenters. The van der Waals surface area contributed by atoms with Gasteiger partial charge in [-0.2, -0.15) is 0 Å². The Morgan fingerprint density at radius 3 is 2.69 bits per heavy atom. The van der Waals surface area contributed by atoms with Gasteiger partial charge in [0, 0.05) is 23.7 Å². The van der Waals surface area contributed by atoms with Gasteiger partial charge in [0.1, 0.15) is 0 Å². The summed E-state index contributed by atoms with van der Waals surface area (Å²) in [7, 11) is 0. The molecule has 0 bridgehead atoms. The molecule has 4 rings (SSSR count). The largest absolute Gasteiger partial charge is 0.366 e. The number of rotatable bonds is 5. The molecular weight excluding hydrogens is 384 g/mol. The highest BCUT2D eigenvalue weighted by Crippen LogP contribution is 2.33. The zero-order chi connectivity index (χ0) is 20.4. The van der Waals surface area contributed by atoms with E-state index in [4.69, 9.17) is 10.7 Å². The number of likely N-dealkylation sites (tertiary alicyclic amines) is 1. The predicted octanol–water partition coefficient (Wildman–Crippen LogP) is 3.60. The van der Waals surface area contributed by atoms with Crippen molar-refractivity contribution >= 4 is 39.1 Å². The molecule has 2 aromatic carbocycles. The Morgan fingerprint density at radius 1 is 1.21 bits per heavy atom. The summed E-state index contributed by atoms with van der Waals surface area (Å²) in [6, 6.07) is 14.6. The quantitative estimate of drug-likeness (QED) is 0.675. The molecule has 150 valence electrons. The highest BCUT2D eigenvalue weighted by atomic mass is 32.1. The lowest BCUT2D eigenvalue weighted by Crippen LogP contribution is -2.46. The third kappa shape index (κ3) is 4.31. The van der Waals surface area contributed by atoms with E-state index in [2.05, 4.69) is 22.3 Å². The summed E-state index contributed by atoms with van der Waals surface area (Å²) < 4.78 is 1.21. The number of anilines is 1. The molecule has 0 saturated carbocycles. The van der Waals surface area contributed by atoms with E-state index in [0.29, 0.717) is 17.2 Å². The lowest BCUT2D eigenvalue weighted by Gasteiger charge is -2.35. The number of para-hydroxylation sites is 1. The standard InChI is InChI=1S/C22H24N4O2S/c1-14(21(28)24-17-10-8-15(9-11-17)20(23)27)26-12-4-5-16(13-26)22-25-18-6-2-3-7-19(18)29-22/h2-3,6-11,14,16H,4-5,12-13H2,1H3,(H2,23,27)(H,24,28)/t14-,16-/m0/s1. The summed E-state index contributed by atoms with van der Waals surface area (Å²) in [6.45, 7) is 3.67. The first-order chi connectivity index (χ1) is 14.0. The Labute approximate surface area is 173 Å². The summed E-state index contributed by atoms with van der Waals surface area (Å²) >= 11 is 1.76. The number of fused-ring (bicyclic) bond motifs is 1. The van der Waals surface area contributed by atoms with Gasteiger partial charge in [-0.3, -0.25) is 14.5 Å². The highest BCUT2D eigenvalue weighted by Gasteiger charge is 2.29. The van der Waals surface area contributed by atoms with Gasteiger partial charge in [0.05, 0.1) is 21.3 Å². The lowest BCUT2D eigenvalue weighted by molar-refractivity contribution is -0.121. The smallest absolute Gasteiger partial charge is 0.248 e. The van der Waals surface area contributed by atoms with Gasteiger partial charge in [0.2, 0.25) is 11.8 Å². The number of thiazole rings is 1. The zero-order valence-corrected chi connectivity index (χ0v) is 17.1. The van der Waals surface area contributed by atoms with E-state index >= 15 is 0 Å². The number of carbonyl (C=O) groups is 2. The summed E-state index contributed by atoms with van der Waals surface area (Å²) in [5, 5.41) is 4.09. The van der Waals surface area contributed by atoms with E-state index in [0.717, 1.165) is 36.5 Å². The van der Waals surface area contributed by atoms with E-state index in [1.165, 1.54) is 4.70 Å². The van der Waals surface area contributed by atoms with Crippen molar-refractivity contribution < 1.29 is 9.59 Å². The van der Waals surface area contributed by atoms with Crippen molar-refractivity contribution in [2.45, 2.75) is 31.7 Å². The van der Waals surface area contributed by atoms with Crippen LogP contribution < -0.4 is 11.1 Å². The van der Waals surface area contributed by atoms with Gasteiger partial charge in [-0.25, -0.2) is 4.98 Å². The van der Waals surface area contributed by atoms with Crippen LogP contribution in [0.3, 0.4) is 0 Å². The van der Waals surface area contributed by atoms with E-state index in [1.807, 2.05) is 19.1 Å². The molecule has 1 aliphatic heterocycles. The summed E-state index contributed by atoms with van der Waals surface area (Å²) in [6.07, 6.45) is 2.14. The highest BCUT2D eigenvalue weighted by molar-refractivity contribution is 7.18. The van der Waals surface area contributed by atoms with Crippen LogP contribution in [0.1, 0.15) is 41.0 Å². The Balaban J connectivity index is 1.41. The molecule has 2 atom stereocenters. The molecule has 1 aromatic heterocycles. The van der Waals surface area contributed by atoms with E-state index in [-0.39, 0.29) is 11.9 Å². The number of hydrogen-bond acceptors (Lipinski definition) is 5. The van der Waals surface area contributed by atoms with Crippen LogP contribution in [-0.4, -0.2) is 40.8 Å². The van der Waals surface area contributed by atoms with Gasteiger partial charge in [-0.1, -0.05) is 12.1 Å². The number of amides is 2. The maximum atomic E-state index is 12.8. The third-order valence-corrected chi connectivity index (χ3v) is 6.68. The summed E-state index contributed by atoms with van der Waals surface area (Å²) in [5.74, 6) is -0.182. The third-order valence-electron chi connectivity index (χ3n) is 5.48. The van der Waals surface area contributed by atoms with Crippen molar-refractivity contribution in [3.05, 3.63) is 59.1 Å². The molecule has 29 heavy (non-hydrogen) atoms. The van der Waals surface area contributed by atoms with Crippen LogP contribution >= 0.6 is 11.3 Å². The van der Waals surface area contributed by atoms with Crippen molar-refractivity contribution in [1.82, 2.24) is 9.88 Å². The van der Waals surface area contributed by atoms with Crippen LogP contribution in [0.2, 0.25) is 0 Å². The second-order valence-electron chi connectivity index (χ2n) is 7.46. The molecule has 2 heterocycles. The van der Waals surface area contributed by atoms with E-state index < -0.39 is 5.91 Å². The molecule has 1 aliphatic rings. The van der Waals surface area contributed by atoms with Crippen molar-refractivity contribution in [3.63, 3.8) is 0 Å². The Hall–Kier alpha value is -2.77. The number of benzene rings is 2. The molecular formula is C22H24N4O2S. The first kappa shape index (κ1) is 19.5. The number of nitrogens with one attached hydrogen (secondary N) is 1. The van der Waals surface area contributed by atoms with Gasteiger partial charge < -0.3 is 11.1 Å². The minimum Gasteiger partial charge on any atom is -0.366 e. The second kappa shape index (κ2) is 8.31. The molecule has 1 saturated heterocycles. The molecule has 0 aliphatic carbocycles. The molecule has 3 N–H and O–H groups in total. The van der Waals surface area contributed by atoms with Gasteiger partial charge in [0.15, 0.2) is 0 Å². The van der Waals surface area contributed by atoms with Crippen LogP contribution in [0.25, 0.3) is 10.2 Å². The van der Waals surface area contributed by atoms with Crippen LogP contribution in [0.5, 0.6) is 0 Å². The van der Waals surface area contributed by atoms with Crippen molar-refractivity contribution in [1.29, 1.82) is 0 Å². The maximum Gasteiger partial charge on any atom is 0.248 e. The van der Waals surface area contributed by atoms with Crippen molar-refractivity contribution in [3.8, 4) is 0 Å². The molecule has 1 fully saturated rings. The van der Waals surface area contributed by atoms with Gasteiger partial charge >= 0.3 is 0 Å². The lowest BCUT2D eigenvalue weighted by atomic mass is 9.97. The second-order valence-corrected chi connectivity index (χ2v) is 8.52. The maximum absolute atomic E-state index is 12.8. The molecule has 2 amide bonds. The summed E-state index contributed by atoms with van der Waals surface area (Å²) in [5.41, 5.74) is 7.39. The van der Waals surface area contributed by atoms with Crippen molar-refractivity contribution in [2.24, 2.45) is 5.73 Å². The number of carbonyl (C=O) groups excluding carboxylic acids is 2. The SMILES string of the molecule is C[C@@H](C(=O)Nc1ccc(C(N)=O)cc1)N1CCC[C@H](c2nc3ccccc3s2)C1. The number of hydrogen-bond donors (Lipinski definition) is 2. The van der Waals surface area contributed by atoms with Crippen LogP contribution in [0.15, 0.2) is 48.5 Å². The summed E-state index contributed by atoms with van der Waals surface area (Å²) in [4.78, 5) is 31.0. The molecule has 0 spiro atoms. The zero-order valence-electron chi connectivity index (χ0n) is 16.3. The van der Waals surface area contributed by atoms with Gasteiger partial charge in [-0.05, 0) is 62.7 Å². The number of piperidine rings is 1. The molecule has 3 aromatic rings.